The highest BCUT2D eigenvalue weighted by atomic mass is 32.1. The van der Waals surface area contributed by atoms with Crippen molar-refractivity contribution in [3.63, 3.8) is 0 Å². The molecule has 1 aromatic carbocycles. The number of hydrogen-bond acceptors (Lipinski definition) is 3. The molecule has 4 nitrogen and oxygen atoms in total. The lowest BCUT2D eigenvalue weighted by Crippen LogP contribution is -2.37. The van der Waals surface area contributed by atoms with E-state index >= 15 is 0 Å². The summed E-state index contributed by atoms with van der Waals surface area (Å²) in [5, 5.41) is 0. The molecule has 0 atom stereocenters. The number of rotatable bonds is 5. The van der Waals surface area contributed by atoms with Gasteiger partial charge >= 0.3 is 0 Å². The molecule has 0 saturated heterocycles. The molecule has 0 aliphatic heterocycles. The first kappa shape index (κ1) is 15.4. The maximum atomic E-state index is 13.8. The van der Waals surface area contributed by atoms with Crippen LogP contribution in [0.1, 0.15) is 12.5 Å². The fourth-order valence-electron chi connectivity index (χ4n) is 1.69. The van der Waals surface area contributed by atoms with Crippen molar-refractivity contribution >= 4 is 28.8 Å². The number of likely N-dealkylation sites (N-methyl/N-ethyl adjacent to an activating group) is 2. The molecule has 0 fully saturated rings. The second kappa shape index (κ2) is 6.47. The third kappa shape index (κ3) is 3.64. The molecule has 0 spiro atoms. The highest BCUT2D eigenvalue weighted by Gasteiger charge is 2.18. The number of amides is 1. The summed E-state index contributed by atoms with van der Waals surface area (Å²) in [5.41, 5.74) is 6.30. The van der Waals surface area contributed by atoms with Crippen molar-refractivity contribution < 1.29 is 9.18 Å². The molecule has 0 aliphatic rings. The maximum absolute atomic E-state index is 13.8. The molecular weight excluding hydrogens is 265 g/mol. The van der Waals surface area contributed by atoms with Crippen LogP contribution in [0.25, 0.3) is 0 Å². The molecule has 1 amide bonds. The zero-order chi connectivity index (χ0) is 14.6. The monoisotopic (exact) mass is 283 g/mol. The van der Waals surface area contributed by atoms with Crippen LogP contribution in [0.2, 0.25) is 0 Å². The Morgan fingerprint density at radius 1 is 1.42 bits per heavy atom. The van der Waals surface area contributed by atoms with E-state index in [2.05, 4.69) is 0 Å². The molecule has 0 bridgehead atoms. The van der Waals surface area contributed by atoms with Crippen molar-refractivity contribution in [2.24, 2.45) is 5.73 Å². The van der Waals surface area contributed by atoms with Gasteiger partial charge in [-0.15, -0.1) is 0 Å². The number of nitrogens with zero attached hydrogens (tertiary/aromatic N) is 2. The SMILES string of the molecule is CCN(CC(=O)N(C)C)c1cccc(F)c1C(N)=S. The maximum Gasteiger partial charge on any atom is 0.241 e. The Kier molecular flexibility index (Phi) is 5.23. The van der Waals surface area contributed by atoms with E-state index in [0.29, 0.717) is 12.2 Å². The smallest absolute Gasteiger partial charge is 0.241 e. The van der Waals surface area contributed by atoms with Crippen LogP contribution in [0.3, 0.4) is 0 Å². The fourth-order valence-corrected chi connectivity index (χ4v) is 1.89. The van der Waals surface area contributed by atoms with E-state index in [1.54, 1.807) is 31.1 Å². The Hall–Kier alpha value is -1.69. The first-order valence-electron chi connectivity index (χ1n) is 5.91. The van der Waals surface area contributed by atoms with Crippen LogP contribution >= 0.6 is 12.2 Å². The molecule has 104 valence electrons. The second-order valence-electron chi connectivity index (χ2n) is 4.30. The van der Waals surface area contributed by atoms with Gasteiger partial charge in [-0.3, -0.25) is 4.79 Å². The van der Waals surface area contributed by atoms with Gasteiger partial charge in [-0.05, 0) is 19.1 Å². The number of benzene rings is 1. The molecule has 1 aromatic rings. The molecule has 0 radical (unpaired) electrons. The Morgan fingerprint density at radius 3 is 2.53 bits per heavy atom. The number of halogens is 1. The van der Waals surface area contributed by atoms with Crippen molar-refractivity contribution in [3.8, 4) is 0 Å². The topological polar surface area (TPSA) is 49.6 Å². The molecule has 0 aliphatic carbocycles. The van der Waals surface area contributed by atoms with Crippen LogP contribution in [-0.2, 0) is 4.79 Å². The number of anilines is 1. The highest BCUT2D eigenvalue weighted by molar-refractivity contribution is 7.80. The Morgan fingerprint density at radius 2 is 2.05 bits per heavy atom. The van der Waals surface area contributed by atoms with Crippen LogP contribution in [0, 0.1) is 5.82 Å². The van der Waals surface area contributed by atoms with E-state index in [1.807, 2.05) is 6.92 Å². The van der Waals surface area contributed by atoms with Crippen LogP contribution in [0.4, 0.5) is 10.1 Å². The van der Waals surface area contributed by atoms with Gasteiger partial charge < -0.3 is 15.5 Å². The lowest BCUT2D eigenvalue weighted by molar-refractivity contribution is -0.127. The van der Waals surface area contributed by atoms with Crippen molar-refractivity contribution in [1.29, 1.82) is 0 Å². The van der Waals surface area contributed by atoms with Crippen LogP contribution in [-0.4, -0.2) is 43.0 Å². The van der Waals surface area contributed by atoms with Crippen molar-refractivity contribution in [2.75, 3.05) is 32.1 Å². The average molecular weight is 283 g/mol. The van der Waals surface area contributed by atoms with Crippen molar-refractivity contribution in [1.82, 2.24) is 4.90 Å². The third-order valence-corrected chi connectivity index (χ3v) is 2.99. The largest absolute Gasteiger partial charge is 0.389 e. The third-order valence-electron chi connectivity index (χ3n) is 2.79. The summed E-state index contributed by atoms with van der Waals surface area (Å²) in [6.45, 7) is 2.60. The Bertz CT molecular complexity index is 491. The van der Waals surface area contributed by atoms with Crippen LogP contribution in [0.15, 0.2) is 18.2 Å². The minimum Gasteiger partial charge on any atom is -0.389 e. The summed E-state index contributed by atoms with van der Waals surface area (Å²) in [7, 11) is 3.35. The summed E-state index contributed by atoms with van der Waals surface area (Å²) in [6, 6.07) is 4.60. The molecule has 0 unspecified atom stereocenters. The van der Waals surface area contributed by atoms with Gasteiger partial charge in [0.05, 0.1) is 17.8 Å². The van der Waals surface area contributed by atoms with Crippen molar-refractivity contribution in [3.05, 3.63) is 29.6 Å². The average Bonchev–Trinajstić information content (AvgIpc) is 2.34. The molecule has 2 N–H and O–H groups in total. The van der Waals surface area contributed by atoms with Crippen LogP contribution < -0.4 is 10.6 Å². The minimum atomic E-state index is -0.472. The van der Waals surface area contributed by atoms with Gasteiger partial charge in [-0.2, -0.15) is 0 Å². The molecule has 0 aromatic heterocycles. The number of hydrogen-bond donors (Lipinski definition) is 1. The van der Waals surface area contributed by atoms with E-state index in [9.17, 15) is 9.18 Å². The zero-order valence-corrected chi connectivity index (χ0v) is 12.1. The van der Waals surface area contributed by atoms with Gasteiger partial charge in [0.25, 0.3) is 0 Å². The van der Waals surface area contributed by atoms with Gasteiger partial charge in [-0.25, -0.2) is 4.39 Å². The fraction of sp³-hybridized carbons (Fsp3) is 0.385. The van der Waals surface area contributed by atoms with E-state index in [4.69, 9.17) is 18.0 Å². The standard InChI is InChI=1S/C13H18FN3OS/c1-4-17(8-11(18)16(2)3)10-7-5-6-9(14)12(10)13(15)19/h5-7H,4,8H2,1-3H3,(H2,15,19). The quantitative estimate of drug-likeness (QED) is 0.829. The highest BCUT2D eigenvalue weighted by Crippen LogP contribution is 2.23. The van der Waals surface area contributed by atoms with E-state index in [1.165, 1.54) is 11.0 Å². The normalized spacial score (nSPS) is 10.1. The number of carbonyl (C=O) groups is 1. The zero-order valence-electron chi connectivity index (χ0n) is 11.3. The Labute approximate surface area is 118 Å². The van der Waals surface area contributed by atoms with Gasteiger partial charge in [-0.1, -0.05) is 18.3 Å². The number of thiocarbonyl (C=S) groups is 1. The van der Waals surface area contributed by atoms with Crippen LogP contribution in [0.5, 0.6) is 0 Å². The van der Waals surface area contributed by atoms with Gasteiger partial charge in [0, 0.05) is 20.6 Å². The molecule has 0 heterocycles. The number of nitrogens with two attached hydrogens (primary N) is 1. The molecule has 0 saturated carbocycles. The van der Waals surface area contributed by atoms with Gasteiger partial charge in [0.2, 0.25) is 5.91 Å². The van der Waals surface area contributed by atoms with E-state index in [0.717, 1.165) is 0 Å². The van der Waals surface area contributed by atoms with Gasteiger partial charge in [0.15, 0.2) is 0 Å². The first-order chi connectivity index (χ1) is 8.88. The lowest BCUT2D eigenvalue weighted by Gasteiger charge is -2.26. The van der Waals surface area contributed by atoms with Crippen molar-refractivity contribution in [2.45, 2.75) is 6.92 Å². The summed E-state index contributed by atoms with van der Waals surface area (Å²) >= 11 is 4.89. The predicted octanol–water partition coefficient (Wildman–Crippen LogP) is 1.37. The molecule has 1 rings (SSSR count). The molecule has 6 heteroatoms. The summed E-state index contributed by atoms with van der Waals surface area (Å²) < 4.78 is 13.8. The molecular formula is C13H18FN3OS. The summed E-state index contributed by atoms with van der Waals surface area (Å²) in [5.74, 6) is -0.541. The van der Waals surface area contributed by atoms with E-state index in [-0.39, 0.29) is 23.0 Å². The number of carbonyl (C=O) groups excluding carboxylic acids is 1. The van der Waals surface area contributed by atoms with E-state index < -0.39 is 5.82 Å². The summed E-state index contributed by atoms with van der Waals surface area (Å²) in [6.07, 6.45) is 0. The predicted molar refractivity (Wildman–Crippen MR) is 78.9 cm³/mol. The lowest BCUT2D eigenvalue weighted by atomic mass is 10.1. The van der Waals surface area contributed by atoms with Gasteiger partial charge in [0.1, 0.15) is 10.8 Å². The molecule has 19 heavy (non-hydrogen) atoms. The minimum absolute atomic E-state index is 0.0103. The summed E-state index contributed by atoms with van der Waals surface area (Å²) in [4.78, 5) is 15.0. The first-order valence-corrected chi connectivity index (χ1v) is 6.32. The Balaban J connectivity index is 3.15. The second-order valence-corrected chi connectivity index (χ2v) is 4.74.